The Morgan fingerprint density at radius 2 is 2.19 bits per heavy atom. The van der Waals surface area contributed by atoms with Gasteiger partial charge in [0.15, 0.2) is 0 Å². The minimum absolute atomic E-state index is 0.0216. The number of aromatic nitrogens is 1. The van der Waals surface area contributed by atoms with Crippen LogP contribution in [0.5, 0.6) is 0 Å². The standard InChI is InChI=1S/C14H21N3O3S/c1-8-11(15-9(2)21-8)6-13(18)16-10-5-12(14(19)20-4)17(3)7-10/h10,12H,5-7H2,1-4H3,(H,16,18)/t10-,12+/m1/s1. The summed E-state index contributed by atoms with van der Waals surface area (Å²) in [6, 6.07) is -0.296. The number of rotatable bonds is 4. The highest BCUT2D eigenvalue weighted by molar-refractivity contribution is 7.11. The Hall–Kier alpha value is -1.47. The van der Waals surface area contributed by atoms with Gasteiger partial charge in [0.2, 0.25) is 5.91 Å². The van der Waals surface area contributed by atoms with Gasteiger partial charge in [0.1, 0.15) is 6.04 Å². The molecule has 116 valence electrons. The number of nitrogens with one attached hydrogen (secondary N) is 1. The first-order valence-corrected chi connectivity index (χ1v) is 7.72. The molecule has 1 aromatic heterocycles. The van der Waals surface area contributed by atoms with Crippen LogP contribution in [0.1, 0.15) is 22.0 Å². The summed E-state index contributed by atoms with van der Waals surface area (Å²) in [5.41, 5.74) is 0.839. The van der Waals surface area contributed by atoms with E-state index in [4.69, 9.17) is 4.74 Å². The number of methoxy groups -OCH3 is 1. The monoisotopic (exact) mass is 311 g/mol. The molecule has 1 N–H and O–H groups in total. The van der Waals surface area contributed by atoms with Gasteiger partial charge in [-0.1, -0.05) is 0 Å². The van der Waals surface area contributed by atoms with Crippen molar-refractivity contribution in [2.75, 3.05) is 20.7 Å². The topological polar surface area (TPSA) is 71.5 Å². The second-order valence-corrected chi connectivity index (χ2v) is 6.80. The van der Waals surface area contributed by atoms with E-state index >= 15 is 0 Å². The maximum Gasteiger partial charge on any atom is 0.323 e. The summed E-state index contributed by atoms with van der Waals surface area (Å²) >= 11 is 1.60. The molecule has 1 saturated heterocycles. The van der Waals surface area contributed by atoms with Crippen molar-refractivity contribution >= 4 is 23.2 Å². The van der Waals surface area contributed by atoms with E-state index in [1.165, 1.54) is 7.11 Å². The van der Waals surface area contributed by atoms with Crippen LogP contribution in [0.3, 0.4) is 0 Å². The number of amides is 1. The lowest BCUT2D eigenvalue weighted by atomic mass is 10.1. The van der Waals surface area contributed by atoms with Crippen LogP contribution in [-0.4, -0.2) is 54.5 Å². The maximum atomic E-state index is 12.1. The molecule has 7 heteroatoms. The number of carbonyl (C=O) groups is 2. The first kappa shape index (κ1) is 15.9. The van der Waals surface area contributed by atoms with E-state index in [0.29, 0.717) is 19.4 Å². The van der Waals surface area contributed by atoms with Gasteiger partial charge in [-0.25, -0.2) is 4.98 Å². The lowest BCUT2D eigenvalue weighted by Gasteiger charge is -2.15. The van der Waals surface area contributed by atoms with Gasteiger partial charge in [0.05, 0.1) is 24.2 Å². The smallest absolute Gasteiger partial charge is 0.323 e. The number of carbonyl (C=O) groups excluding carboxylic acids is 2. The molecule has 2 rings (SSSR count). The van der Waals surface area contributed by atoms with Crippen LogP contribution in [0.2, 0.25) is 0 Å². The van der Waals surface area contributed by atoms with Gasteiger partial charge < -0.3 is 10.1 Å². The SMILES string of the molecule is COC(=O)[C@@H]1C[C@@H](NC(=O)Cc2nc(C)sc2C)CN1C. The van der Waals surface area contributed by atoms with Gasteiger partial charge in [-0.2, -0.15) is 0 Å². The van der Waals surface area contributed by atoms with Crippen LogP contribution >= 0.6 is 11.3 Å². The second-order valence-electron chi connectivity index (χ2n) is 5.39. The third-order valence-corrected chi connectivity index (χ3v) is 4.64. The fourth-order valence-electron chi connectivity index (χ4n) is 2.68. The zero-order chi connectivity index (χ0) is 15.6. The van der Waals surface area contributed by atoms with Crippen molar-refractivity contribution in [2.24, 2.45) is 0 Å². The van der Waals surface area contributed by atoms with Crippen LogP contribution in [0, 0.1) is 13.8 Å². The Labute approximate surface area is 128 Å². The summed E-state index contributed by atoms with van der Waals surface area (Å²) in [6.45, 7) is 4.57. The maximum absolute atomic E-state index is 12.1. The van der Waals surface area contributed by atoms with Crippen molar-refractivity contribution in [3.63, 3.8) is 0 Å². The Bertz CT molecular complexity index is 544. The Balaban J connectivity index is 1.89. The third-order valence-electron chi connectivity index (χ3n) is 3.71. The number of hydrogen-bond donors (Lipinski definition) is 1. The van der Waals surface area contributed by atoms with Gasteiger partial charge in [-0.15, -0.1) is 11.3 Å². The van der Waals surface area contributed by atoms with Crippen molar-refractivity contribution in [3.8, 4) is 0 Å². The lowest BCUT2D eigenvalue weighted by molar-refractivity contribution is -0.145. The summed E-state index contributed by atoms with van der Waals surface area (Å²) < 4.78 is 4.77. The van der Waals surface area contributed by atoms with Gasteiger partial charge in [-0.05, 0) is 27.3 Å². The quantitative estimate of drug-likeness (QED) is 0.827. The zero-order valence-electron chi connectivity index (χ0n) is 12.8. The molecule has 1 amide bonds. The number of likely N-dealkylation sites (tertiary alicyclic amines) is 1. The molecular formula is C14H21N3O3S. The molecule has 1 fully saturated rings. The molecule has 21 heavy (non-hydrogen) atoms. The summed E-state index contributed by atoms with van der Waals surface area (Å²) in [7, 11) is 3.25. The van der Waals surface area contributed by atoms with Crippen molar-refractivity contribution in [2.45, 2.75) is 38.8 Å². The van der Waals surface area contributed by atoms with Crippen LogP contribution in [0.4, 0.5) is 0 Å². The average Bonchev–Trinajstić information content (AvgIpc) is 2.91. The lowest BCUT2D eigenvalue weighted by Crippen LogP contribution is -2.37. The molecule has 1 aliphatic heterocycles. The number of nitrogens with zero attached hydrogens (tertiary/aromatic N) is 2. The van der Waals surface area contributed by atoms with E-state index in [-0.39, 0.29) is 24.0 Å². The zero-order valence-corrected chi connectivity index (χ0v) is 13.6. The highest BCUT2D eigenvalue weighted by Crippen LogP contribution is 2.19. The molecule has 0 aromatic carbocycles. The van der Waals surface area contributed by atoms with E-state index in [2.05, 4.69) is 10.3 Å². The first-order valence-electron chi connectivity index (χ1n) is 6.91. The van der Waals surface area contributed by atoms with E-state index in [1.807, 2.05) is 25.8 Å². The predicted molar refractivity (Wildman–Crippen MR) is 80.3 cm³/mol. The molecule has 0 aliphatic carbocycles. The second kappa shape index (κ2) is 6.53. The fraction of sp³-hybridized carbons (Fsp3) is 0.643. The van der Waals surface area contributed by atoms with Crippen LogP contribution in [0.25, 0.3) is 0 Å². The van der Waals surface area contributed by atoms with Crippen LogP contribution in [-0.2, 0) is 20.7 Å². The predicted octanol–water partition coefficient (Wildman–Crippen LogP) is 0.664. The Morgan fingerprint density at radius 3 is 2.76 bits per heavy atom. The molecule has 1 aliphatic rings. The van der Waals surface area contributed by atoms with Crippen molar-refractivity contribution in [1.29, 1.82) is 0 Å². The van der Waals surface area contributed by atoms with Crippen molar-refractivity contribution in [1.82, 2.24) is 15.2 Å². The molecule has 0 bridgehead atoms. The number of hydrogen-bond acceptors (Lipinski definition) is 6. The van der Waals surface area contributed by atoms with Gasteiger partial charge in [-0.3, -0.25) is 14.5 Å². The Morgan fingerprint density at radius 1 is 1.48 bits per heavy atom. The molecule has 2 atom stereocenters. The average molecular weight is 311 g/mol. The number of likely N-dealkylation sites (N-methyl/N-ethyl adjacent to an activating group) is 1. The largest absolute Gasteiger partial charge is 0.468 e. The molecule has 6 nitrogen and oxygen atoms in total. The molecule has 0 saturated carbocycles. The van der Waals surface area contributed by atoms with E-state index < -0.39 is 0 Å². The third kappa shape index (κ3) is 3.79. The van der Waals surface area contributed by atoms with Gasteiger partial charge in [0.25, 0.3) is 0 Å². The van der Waals surface area contributed by atoms with Crippen LogP contribution in [0.15, 0.2) is 0 Å². The minimum atomic E-state index is -0.274. The molecule has 0 spiro atoms. The summed E-state index contributed by atoms with van der Waals surface area (Å²) in [5, 5.41) is 3.95. The normalized spacial score (nSPS) is 22.3. The number of thiazole rings is 1. The first-order chi connectivity index (χ1) is 9.90. The number of esters is 1. The molecule has 0 radical (unpaired) electrons. The van der Waals surface area contributed by atoms with E-state index in [0.717, 1.165) is 15.6 Å². The van der Waals surface area contributed by atoms with Gasteiger partial charge in [0, 0.05) is 17.5 Å². The van der Waals surface area contributed by atoms with Crippen molar-refractivity contribution < 1.29 is 14.3 Å². The number of ether oxygens (including phenoxy) is 1. The van der Waals surface area contributed by atoms with Crippen LogP contribution < -0.4 is 5.32 Å². The fourth-order valence-corrected chi connectivity index (χ4v) is 3.52. The number of aryl methyl sites for hydroxylation is 2. The highest BCUT2D eigenvalue weighted by atomic mass is 32.1. The minimum Gasteiger partial charge on any atom is -0.468 e. The molecule has 1 aromatic rings. The molecular weight excluding hydrogens is 290 g/mol. The molecule has 2 heterocycles. The molecule has 0 unspecified atom stereocenters. The van der Waals surface area contributed by atoms with E-state index in [1.54, 1.807) is 11.3 Å². The van der Waals surface area contributed by atoms with Crippen molar-refractivity contribution in [3.05, 3.63) is 15.6 Å². The highest BCUT2D eigenvalue weighted by Gasteiger charge is 2.35. The summed E-state index contributed by atoms with van der Waals surface area (Å²) in [5.74, 6) is -0.299. The summed E-state index contributed by atoms with van der Waals surface area (Å²) in [4.78, 5) is 31.1. The summed E-state index contributed by atoms with van der Waals surface area (Å²) in [6.07, 6.45) is 0.878. The van der Waals surface area contributed by atoms with E-state index in [9.17, 15) is 9.59 Å². The Kier molecular flexibility index (Phi) is 4.95. The van der Waals surface area contributed by atoms with Gasteiger partial charge >= 0.3 is 5.97 Å².